The zero-order chi connectivity index (χ0) is 15.4. The van der Waals surface area contributed by atoms with Gasteiger partial charge in [-0.05, 0) is 23.8 Å². The van der Waals surface area contributed by atoms with Crippen molar-refractivity contribution in [3.05, 3.63) is 89.7 Å². The van der Waals surface area contributed by atoms with E-state index < -0.39 is 0 Å². The van der Waals surface area contributed by atoms with Gasteiger partial charge in [-0.2, -0.15) is 0 Å². The molecule has 22 heavy (non-hydrogen) atoms. The molecular weight excluding hydrogens is 277 g/mol. The van der Waals surface area contributed by atoms with Crippen LogP contribution in [-0.2, 0) is 6.42 Å². The Bertz CT molecular complexity index is 771. The van der Waals surface area contributed by atoms with Crippen LogP contribution >= 0.6 is 0 Å². The van der Waals surface area contributed by atoms with Crippen molar-refractivity contribution in [1.82, 2.24) is 0 Å². The third kappa shape index (κ3) is 3.26. The van der Waals surface area contributed by atoms with Crippen LogP contribution in [0.25, 0.3) is 0 Å². The van der Waals surface area contributed by atoms with Gasteiger partial charge in [0.2, 0.25) is 0 Å². The molecule has 0 heterocycles. The van der Waals surface area contributed by atoms with Crippen LogP contribution in [0.1, 0.15) is 11.1 Å². The molecule has 0 aliphatic heterocycles. The number of rotatable bonds is 4. The van der Waals surface area contributed by atoms with Crippen molar-refractivity contribution in [2.45, 2.75) is 6.42 Å². The first-order chi connectivity index (χ1) is 10.7. The first-order valence-corrected chi connectivity index (χ1v) is 7.07. The molecule has 110 valence electrons. The maximum absolute atomic E-state index is 13.3. The van der Waals surface area contributed by atoms with Gasteiger partial charge in [0.1, 0.15) is 11.6 Å². The summed E-state index contributed by atoms with van der Waals surface area (Å²) in [6, 6.07) is 21.8. The Hall–Kier alpha value is -2.81. The summed E-state index contributed by atoms with van der Waals surface area (Å²) in [5, 5.41) is 0. The highest BCUT2D eigenvalue weighted by molar-refractivity contribution is 5.59. The average Bonchev–Trinajstić information content (AvgIpc) is 2.52. The van der Waals surface area contributed by atoms with E-state index >= 15 is 0 Å². The zero-order valence-electron chi connectivity index (χ0n) is 12.0. The molecule has 2 N–H and O–H groups in total. The molecule has 0 saturated heterocycles. The van der Waals surface area contributed by atoms with Gasteiger partial charge in [-0.15, -0.1) is 0 Å². The van der Waals surface area contributed by atoms with Crippen LogP contribution in [-0.4, -0.2) is 0 Å². The topological polar surface area (TPSA) is 35.2 Å². The summed E-state index contributed by atoms with van der Waals surface area (Å²) in [7, 11) is 0. The fourth-order valence-corrected chi connectivity index (χ4v) is 2.33. The minimum Gasteiger partial charge on any atom is -0.455 e. The van der Waals surface area contributed by atoms with Crippen LogP contribution in [0.15, 0.2) is 72.8 Å². The van der Waals surface area contributed by atoms with Gasteiger partial charge >= 0.3 is 0 Å². The Labute approximate surface area is 129 Å². The number of halogens is 1. The van der Waals surface area contributed by atoms with Crippen LogP contribution in [0.5, 0.6) is 11.5 Å². The SMILES string of the molecule is Nc1cccc(Cc2ccccc2)c1Oc1cccc(F)c1. The van der Waals surface area contributed by atoms with Gasteiger partial charge in [-0.3, -0.25) is 0 Å². The molecule has 3 aromatic rings. The Morgan fingerprint density at radius 3 is 2.41 bits per heavy atom. The molecule has 0 amide bonds. The number of hydrogen-bond acceptors (Lipinski definition) is 2. The van der Waals surface area contributed by atoms with E-state index in [1.807, 2.05) is 30.3 Å². The molecular formula is C19H16FNO. The van der Waals surface area contributed by atoms with E-state index in [4.69, 9.17) is 10.5 Å². The molecule has 3 heteroatoms. The minimum atomic E-state index is -0.336. The fourth-order valence-electron chi connectivity index (χ4n) is 2.33. The molecule has 0 aliphatic rings. The Kier molecular flexibility index (Phi) is 4.05. The van der Waals surface area contributed by atoms with Crippen LogP contribution < -0.4 is 10.5 Å². The van der Waals surface area contributed by atoms with Gasteiger partial charge in [0.15, 0.2) is 5.75 Å². The van der Waals surface area contributed by atoms with E-state index in [0.717, 1.165) is 11.1 Å². The number of para-hydroxylation sites is 1. The minimum absolute atomic E-state index is 0.336. The summed E-state index contributed by atoms with van der Waals surface area (Å²) in [6.45, 7) is 0. The lowest BCUT2D eigenvalue weighted by atomic mass is 10.0. The van der Waals surface area contributed by atoms with Gasteiger partial charge in [-0.1, -0.05) is 48.5 Å². The average molecular weight is 293 g/mol. The lowest BCUT2D eigenvalue weighted by molar-refractivity contribution is 0.474. The van der Waals surface area contributed by atoms with E-state index in [1.54, 1.807) is 18.2 Å². The van der Waals surface area contributed by atoms with Gasteiger partial charge in [0, 0.05) is 18.1 Å². The normalized spacial score (nSPS) is 10.4. The van der Waals surface area contributed by atoms with E-state index in [9.17, 15) is 4.39 Å². The predicted octanol–water partition coefficient (Wildman–Crippen LogP) is 4.79. The number of nitrogens with two attached hydrogens (primary N) is 1. The maximum Gasteiger partial charge on any atom is 0.153 e. The lowest BCUT2D eigenvalue weighted by Crippen LogP contribution is -1.98. The zero-order valence-corrected chi connectivity index (χ0v) is 12.0. The van der Waals surface area contributed by atoms with Crippen molar-refractivity contribution in [2.24, 2.45) is 0 Å². The number of hydrogen-bond donors (Lipinski definition) is 1. The molecule has 0 unspecified atom stereocenters. The van der Waals surface area contributed by atoms with Gasteiger partial charge in [0.25, 0.3) is 0 Å². The predicted molar refractivity (Wildman–Crippen MR) is 86.6 cm³/mol. The van der Waals surface area contributed by atoms with Crippen LogP contribution in [0, 0.1) is 5.82 Å². The molecule has 0 aliphatic carbocycles. The molecule has 0 saturated carbocycles. The molecule has 0 radical (unpaired) electrons. The molecule has 0 fully saturated rings. The largest absolute Gasteiger partial charge is 0.455 e. The lowest BCUT2D eigenvalue weighted by Gasteiger charge is -2.14. The van der Waals surface area contributed by atoms with Gasteiger partial charge in [0.05, 0.1) is 5.69 Å². The molecule has 0 spiro atoms. The molecule has 2 nitrogen and oxygen atoms in total. The molecule has 0 atom stereocenters. The summed E-state index contributed by atoms with van der Waals surface area (Å²) in [4.78, 5) is 0. The standard InChI is InChI=1S/C19H16FNO/c20-16-9-5-10-17(13-16)22-19-15(8-4-11-18(19)21)12-14-6-2-1-3-7-14/h1-11,13H,12,21H2. The summed E-state index contributed by atoms with van der Waals surface area (Å²) in [6.07, 6.45) is 0.705. The maximum atomic E-state index is 13.3. The van der Waals surface area contributed by atoms with Crippen molar-refractivity contribution in [3.63, 3.8) is 0 Å². The quantitative estimate of drug-likeness (QED) is 0.702. The van der Waals surface area contributed by atoms with Crippen molar-refractivity contribution in [1.29, 1.82) is 0 Å². The van der Waals surface area contributed by atoms with Gasteiger partial charge < -0.3 is 10.5 Å². The number of anilines is 1. The van der Waals surface area contributed by atoms with Crippen molar-refractivity contribution in [2.75, 3.05) is 5.73 Å². The third-order valence-electron chi connectivity index (χ3n) is 3.38. The molecule has 0 aromatic heterocycles. The smallest absolute Gasteiger partial charge is 0.153 e. The van der Waals surface area contributed by atoms with Crippen molar-refractivity contribution in [3.8, 4) is 11.5 Å². The van der Waals surface area contributed by atoms with Crippen LogP contribution in [0.2, 0.25) is 0 Å². The Morgan fingerprint density at radius 2 is 1.64 bits per heavy atom. The highest BCUT2D eigenvalue weighted by Gasteiger charge is 2.10. The first-order valence-electron chi connectivity index (χ1n) is 7.07. The Morgan fingerprint density at radius 1 is 0.864 bits per heavy atom. The molecule has 3 aromatic carbocycles. The van der Waals surface area contributed by atoms with Gasteiger partial charge in [-0.25, -0.2) is 4.39 Å². The number of nitrogen functional groups attached to an aromatic ring is 1. The third-order valence-corrected chi connectivity index (χ3v) is 3.38. The van der Waals surface area contributed by atoms with Crippen LogP contribution in [0.4, 0.5) is 10.1 Å². The fraction of sp³-hybridized carbons (Fsp3) is 0.0526. The van der Waals surface area contributed by atoms with E-state index in [0.29, 0.717) is 23.6 Å². The first kappa shape index (κ1) is 14.1. The van der Waals surface area contributed by atoms with E-state index in [1.165, 1.54) is 12.1 Å². The van der Waals surface area contributed by atoms with E-state index in [2.05, 4.69) is 12.1 Å². The highest BCUT2D eigenvalue weighted by Crippen LogP contribution is 2.33. The second-order valence-electron chi connectivity index (χ2n) is 5.06. The van der Waals surface area contributed by atoms with Crippen molar-refractivity contribution >= 4 is 5.69 Å². The summed E-state index contributed by atoms with van der Waals surface area (Å²) >= 11 is 0. The Balaban J connectivity index is 1.93. The van der Waals surface area contributed by atoms with E-state index in [-0.39, 0.29) is 5.82 Å². The van der Waals surface area contributed by atoms with Crippen molar-refractivity contribution < 1.29 is 9.13 Å². The second kappa shape index (κ2) is 6.31. The molecule has 3 rings (SSSR count). The molecule has 0 bridgehead atoms. The monoisotopic (exact) mass is 293 g/mol. The number of ether oxygens (including phenoxy) is 1. The summed E-state index contributed by atoms with van der Waals surface area (Å²) < 4.78 is 19.1. The second-order valence-corrected chi connectivity index (χ2v) is 5.06. The highest BCUT2D eigenvalue weighted by atomic mass is 19.1. The van der Waals surface area contributed by atoms with Crippen LogP contribution in [0.3, 0.4) is 0 Å². The number of benzene rings is 3. The summed E-state index contributed by atoms with van der Waals surface area (Å²) in [5.74, 6) is 0.681. The summed E-state index contributed by atoms with van der Waals surface area (Å²) in [5.41, 5.74) is 8.71.